The summed E-state index contributed by atoms with van der Waals surface area (Å²) >= 11 is 1.55. The summed E-state index contributed by atoms with van der Waals surface area (Å²) in [6.07, 6.45) is 0.161. The predicted molar refractivity (Wildman–Crippen MR) is 86.0 cm³/mol. The highest BCUT2D eigenvalue weighted by Gasteiger charge is 2.21. The van der Waals surface area contributed by atoms with E-state index in [-0.39, 0.29) is 11.8 Å². The maximum Gasteiger partial charge on any atom is 0.343 e. The van der Waals surface area contributed by atoms with Crippen LogP contribution in [0.3, 0.4) is 0 Å². The molecule has 22 heavy (non-hydrogen) atoms. The fraction of sp³-hybridized carbons (Fsp3) is 0.467. The van der Waals surface area contributed by atoms with Gasteiger partial charge in [-0.3, -0.25) is 9.47 Å². The SMILES string of the molecule is Cn1c(SC[C@H]2CN(Cc3ccccc3)CCO2)n[nH]c1=O. The molecule has 2 aromatic rings. The Labute approximate surface area is 133 Å². The fourth-order valence-electron chi connectivity index (χ4n) is 2.50. The molecule has 118 valence electrons. The van der Waals surface area contributed by atoms with Crippen molar-refractivity contribution in [3.63, 3.8) is 0 Å². The van der Waals surface area contributed by atoms with Crippen LogP contribution >= 0.6 is 11.8 Å². The molecule has 1 fully saturated rings. The standard InChI is InChI=1S/C15H20N4O2S/c1-18-14(20)16-17-15(18)22-11-13-10-19(7-8-21-13)9-12-5-3-2-4-6-12/h2-6,13H,7-11H2,1H3,(H,16,20)/t13-/m1/s1. The highest BCUT2D eigenvalue weighted by atomic mass is 32.2. The summed E-state index contributed by atoms with van der Waals surface area (Å²) in [6.45, 7) is 3.56. The highest BCUT2D eigenvalue weighted by molar-refractivity contribution is 7.99. The average molecular weight is 320 g/mol. The molecular weight excluding hydrogens is 300 g/mol. The topological polar surface area (TPSA) is 63.1 Å². The normalized spacial score (nSPS) is 19.4. The van der Waals surface area contributed by atoms with Crippen LogP contribution in [0.4, 0.5) is 0 Å². The molecule has 0 unspecified atom stereocenters. The number of rotatable bonds is 5. The number of hydrogen-bond acceptors (Lipinski definition) is 5. The van der Waals surface area contributed by atoms with Gasteiger partial charge >= 0.3 is 5.69 Å². The van der Waals surface area contributed by atoms with Crippen molar-refractivity contribution in [2.24, 2.45) is 7.05 Å². The molecule has 2 heterocycles. The van der Waals surface area contributed by atoms with Crippen molar-refractivity contribution < 1.29 is 4.74 Å². The first kappa shape index (κ1) is 15.3. The van der Waals surface area contributed by atoms with Gasteiger partial charge in [0.1, 0.15) is 0 Å². The van der Waals surface area contributed by atoms with Crippen LogP contribution in [0.2, 0.25) is 0 Å². The zero-order valence-electron chi connectivity index (χ0n) is 12.6. The fourth-order valence-corrected chi connectivity index (χ4v) is 3.42. The monoisotopic (exact) mass is 320 g/mol. The molecule has 1 aliphatic rings. The molecule has 0 radical (unpaired) electrons. The number of benzene rings is 1. The molecule has 1 aliphatic heterocycles. The molecule has 0 amide bonds. The maximum atomic E-state index is 11.3. The number of ether oxygens (including phenoxy) is 1. The van der Waals surface area contributed by atoms with E-state index in [2.05, 4.69) is 39.4 Å². The summed E-state index contributed by atoms with van der Waals surface area (Å²) in [7, 11) is 1.72. The van der Waals surface area contributed by atoms with Gasteiger partial charge < -0.3 is 4.74 Å². The number of aromatic amines is 1. The van der Waals surface area contributed by atoms with Crippen molar-refractivity contribution in [1.82, 2.24) is 19.7 Å². The van der Waals surface area contributed by atoms with Crippen molar-refractivity contribution in [2.45, 2.75) is 17.8 Å². The summed E-state index contributed by atoms with van der Waals surface area (Å²) in [5.74, 6) is 0.795. The Balaban J connectivity index is 1.52. The first-order valence-corrected chi connectivity index (χ1v) is 8.33. The Morgan fingerprint density at radius 2 is 2.23 bits per heavy atom. The van der Waals surface area contributed by atoms with Crippen molar-refractivity contribution >= 4 is 11.8 Å². The van der Waals surface area contributed by atoms with E-state index < -0.39 is 0 Å². The third kappa shape index (κ3) is 3.79. The van der Waals surface area contributed by atoms with Crippen molar-refractivity contribution in [3.05, 3.63) is 46.4 Å². The van der Waals surface area contributed by atoms with Gasteiger partial charge in [-0.1, -0.05) is 42.1 Å². The second kappa shape index (κ2) is 7.13. The van der Waals surface area contributed by atoms with Crippen LogP contribution in [-0.2, 0) is 18.3 Å². The summed E-state index contributed by atoms with van der Waals surface area (Å²) in [6, 6.07) is 10.5. The zero-order valence-corrected chi connectivity index (χ0v) is 13.4. The minimum Gasteiger partial charge on any atom is -0.375 e. The average Bonchev–Trinajstić information content (AvgIpc) is 2.86. The number of nitrogens with zero attached hydrogens (tertiary/aromatic N) is 3. The first-order chi connectivity index (χ1) is 10.7. The van der Waals surface area contributed by atoms with Gasteiger partial charge in [-0.05, 0) is 5.56 Å². The molecule has 3 rings (SSSR count). The second-order valence-corrected chi connectivity index (χ2v) is 6.38. The number of H-pyrrole nitrogens is 1. The molecule has 6 nitrogen and oxygen atoms in total. The van der Waals surface area contributed by atoms with Crippen molar-refractivity contribution in [1.29, 1.82) is 0 Å². The third-order valence-corrected chi connectivity index (χ3v) is 4.87. The molecule has 7 heteroatoms. The Morgan fingerprint density at radius 1 is 1.41 bits per heavy atom. The van der Waals surface area contributed by atoms with Crippen LogP contribution in [0.1, 0.15) is 5.56 Å². The number of hydrogen-bond donors (Lipinski definition) is 1. The van der Waals surface area contributed by atoms with E-state index in [9.17, 15) is 4.79 Å². The van der Waals surface area contributed by atoms with Gasteiger partial charge in [0.25, 0.3) is 0 Å². The van der Waals surface area contributed by atoms with E-state index in [1.807, 2.05) is 6.07 Å². The molecule has 0 saturated carbocycles. The number of aromatic nitrogens is 3. The van der Waals surface area contributed by atoms with Crippen LogP contribution in [0.25, 0.3) is 0 Å². The van der Waals surface area contributed by atoms with Crippen LogP contribution in [0.5, 0.6) is 0 Å². The smallest absolute Gasteiger partial charge is 0.343 e. The molecule has 1 atom stereocenters. The molecule has 1 N–H and O–H groups in total. The second-order valence-electron chi connectivity index (χ2n) is 5.39. The molecule has 1 aromatic carbocycles. The van der Waals surface area contributed by atoms with Gasteiger partial charge in [-0.2, -0.15) is 0 Å². The largest absolute Gasteiger partial charge is 0.375 e. The highest BCUT2D eigenvalue weighted by Crippen LogP contribution is 2.18. The van der Waals surface area contributed by atoms with E-state index in [1.165, 1.54) is 10.1 Å². The number of thioether (sulfide) groups is 1. The molecule has 0 spiro atoms. The van der Waals surface area contributed by atoms with Gasteiger partial charge in [0.2, 0.25) is 0 Å². The van der Waals surface area contributed by atoms with E-state index in [0.29, 0.717) is 5.16 Å². The lowest BCUT2D eigenvalue weighted by Crippen LogP contribution is -2.43. The number of morpholine rings is 1. The van der Waals surface area contributed by atoms with Gasteiger partial charge in [0, 0.05) is 32.4 Å². The maximum absolute atomic E-state index is 11.3. The lowest BCUT2D eigenvalue weighted by Gasteiger charge is -2.32. The van der Waals surface area contributed by atoms with E-state index >= 15 is 0 Å². The molecule has 0 bridgehead atoms. The van der Waals surface area contributed by atoms with Crippen LogP contribution in [-0.4, -0.2) is 51.2 Å². The first-order valence-electron chi connectivity index (χ1n) is 7.34. The van der Waals surface area contributed by atoms with Crippen molar-refractivity contribution in [3.8, 4) is 0 Å². The Morgan fingerprint density at radius 3 is 2.95 bits per heavy atom. The molecular formula is C15H20N4O2S. The minimum absolute atomic E-state index is 0.161. The van der Waals surface area contributed by atoms with Gasteiger partial charge in [0.15, 0.2) is 5.16 Å². The van der Waals surface area contributed by atoms with E-state index in [4.69, 9.17) is 4.74 Å². The van der Waals surface area contributed by atoms with Crippen LogP contribution in [0, 0.1) is 0 Å². The zero-order chi connectivity index (χ0) is 15.4. The summed E-state index contributed by atoms with van der Waals surface area (Å²) < 4.78 is 7.35. The minimum atomic E-state index is -0.183. The lowest BCUT2D eigenvalue weighted by atomic mass is 10.2. The number of nitrogens with one attached hydrogen (secondary N) is 1. The van der Waals surface area contributed by atoms with E-state index in [0.717, 1.165) is 32.0 Å². The van der Waals surface area contributed by atoms with Gasteiger partial charge in [-0.15, -0.1) is 5.10 Å². The summed E-state index contributed by atoms with van der Waals surface area (Å²) in [4.78, 5) is 13.7. The van der Waals surface area contributed by atoms with Crippen molar-refractivity contribution in [2.75, 3.05) is 25.4 Å². The van der Waals surface area contributed by atoms with Gasteiger partial charge in [0.05, 0.1) is 12.7 Å². The van der Waals surface area contributed by atoms with Crippen LogP contribution < -0.4 is 5.69 Å². The molecule has 0 aliphatic carbocycles. The summed E-state index contributed by atoms with van der Waals surface area (Å²) in [5.41, 5.74) is 1.14. The Kier molecular flexibility index (Phi) is 4.97. The van der Waals surface area contributed by atoms with Gasteiger partial charge in [-0.25, -0.2) is 9.89 Å². The Bertz CT molecular complexity index is 655. The lowest BCUT2D eigenvalue weighted by molar-refractivity contribution is -0.0187. The predicted octanol–water partition coefficient (Wildman–Crippen LogP) is 1.10. The third-order valence-electron chi connectivity index (χ3n) is 3.71. The summed E-state index contributed by atoms with van der Waals surface area (Å²) in [5, 5.41) is 7.16. The Hall–Kier alpha value is -1.57. The molecule has 1 saturated heterocycles. The molecule has 1 aromatic heterocycles. The van der Waals surface area contributed by atoms with E-state index in [1.54, 1.807) is 18.8 Å². The quantitative estimate of drug-likeness (QED) is 0.836. The van der Waals surface area contributed by atoms with Crippen LogP contribution in [0.15, 0.2) is 40.3 Å².